The van der Waals surface area contributed by atoms with E-state index in [0.29, 0.717) is 12.1 Å². The summed E-state index contributed by atoms with van der Waals surface area (Å²) in [6.45, 7) is 4.32. The van der Waals surface area contributed by atoms with Crippen molar-refractivity contribution in [3.05, 3.63) is 71.2 Å². The Bertz CT molecular complexity index is 1120. The fourth-order valence-electron chi connectivity index (χ4n) is 3.09. The van der Waals surface area contributed by atoms with Crippen molar-refractivity contribution in [3.63, 3.8) is 0 Å². The third kappa shape index (κ3) is 5.73. The lowest BCUT2D eigenvalue weighted by atomic mass is 10.0. The topological polar surface area (TPSA) is 63.1 Å². The van der Waals surface area contributed by atoms with E-state index in [1.807, 2.05) is 43.4 Å². The molecule has 0 saturated heterocycles. The first-order valence-electron chi connectivity index (χ1n) is 9.92. The second-order valence-electron chi connectivity index (χ2n) is 7.35. The number of carbonyl (C=O) groups excluding carboxylic acids is 1. The van der Waals surface area contributed by atoms with E-state index >= 15 is 0 Å². The number of nitrogens with zero attached hydrogens (tertiary/aromatic N) is 4. The zero-order chi connectivity index (χ0) is 22.4. The summed E-state index contributed by atoms with van der Waals surface area (Å²) >= 11 is 1.57. The van der Waals surface area contributed by atoms with E-state index < -0.39 is 0 Å². The van der Waals surface area contributed by atoms with Crippen molar-refractivity contribution >= 4 is 40.5 Å². The number of carbonyl (C=O) groups is 1. The highest BCUT2D eigenvalue weighted by Crippen LogP contribution is 2.30. The number of rotatable bonds is 9. The summed E-state index contributed by atoms with van der Waals surface area (Å²) in [4.78, 5) is 13.2. The van der Waals surface area contributed by atoms with Crippen LogP contribution in [0, 0.1) is 5.82 Å². The fraction of sp³-hybridized carbons (Fsp3) is 0.261. The van der Waals surface area contributed by atoms with Crippen LogP contribution in [0.15, 0.2) is 54.2 Å². The van der Waals surface area contributed by atoms with Crippen molar-refractivity contribution in [2.45, 2.75) is 20.4 Å². The van der Waals surface area contributed by atoms with Crippen molar-refractivity contribution in [2.75, 3.05) is 24.6 Å². The van der Waals surface area contributed by atoms with Gasteiger partial charge in [0.1, 0.15) is 17.6 Å². The Balaban J connectivity index is 2.14. The largest absolute Gasteiger partial charge is 0.383 e. The first-order chi connectivity index (χ1) is 14.9. The van der Waals surface area contributed by atoms with Gasteiger partial charge in [-0.15, -0.1) is 5.10 Å². The number of aldehydes is 1. The van der Waals surface area contributed by atoms with E-state index in [2.05, 4.69) is 22.0 Å². The highest BCUT2D eigenvalue weighted by molar-refractivity contribution is 8.00. The molecule has 2 aromatic carbocycles. The third-order valence-electron chi connectivity index (χ3n) is 4.49. The number of allylic oxidation sites excluding steroid dienone is 3. The van der Waals surface area contributed by atoms with E-state index in [0.717, 1.165) is 45.5 Å². The lowest BCUT2D eigenvalue weighted by Crippen LogP contribution is -2.04. The predicted octanol–water partition coefficient (Wildman–Crippen LogP) is 4.75. The van der Waals surface area contributed by atoms with Crippen molar-refractivity contribution in [1.29, 1.82) is 0 Å². The van der Waals surface area contributed by atoms with Crippen LogP contribution in [0.3, 0.4) is 0 Å². The minimum absolute atomic E-state index is 0.270. The SMILES string of the molecule is CCSNc1cc(C(/C=C(/C)C=O)=C/N(C)C)cc2c1nnn2Cc1ccc(F)cc1. The van der Waals surface area contributed by atoms with Gasteiger partial charge in [-0.3, -0.25) is 4.79 Å². The average molecular weight is 440 g/mol. The molecule has 0 saturated carbocycles. The lowest BCUT2D eigenvalue weighted by molar-refractivity contribution is -0.104. The molecule has 0 spiro atoms. The number of anilines is 1. The number of fused-ring (bicyclic) bond motifs is 1. The zero-order valence-corrected chi connectivity index (χ0v) is 18.9. The molecule has 0 fully saturated rings. The Hall–Kier alpha value is -3.13. The van der Waals surface area contributed by atoms with Gasteiger partial charge in [-0.05, 0) is 59.5 Å². The Labute approximate surface area is 185 Å². The van der Waals surface area contributed by atoms with Gasteiger partial charge in [0.25, 0.3) is 0 Å². The molecule has 0 bridgehead atoms. The van der Waals surface area contributed by atoms with Crippen molar-refractivity contribution in [3.8, 4) is 0 Å². The van der Waals surface area contributed by atoms with Gasteiger partial charge in [0.2, 0.25) is 0 Å². The first kappa shape index (κ1) is 22.6. The Kier molecular flexibility index (Phi) is 7.46. The van der Waals surface area contributed by atoms with E-state index in [1.165, 1.54) is 12.1 Å². The van der Waals surface area contributed by atoms with Gasteiger partial charge < -0.3 is 9.62 Å². The standard InChI is InChI=1S/C23H26FN5OS/c1-5-31-26-21-11-18(19(14-28(3)4)10-16(2)15-30)12-22-23(21)25-27-29(22)13-17-6-8-20(24)9-7-17/h6-12,14-15,26H,5,13H2,1-4H3/b16-10-,19-14+. The summed E-state index contributed by atoms with van der Waals surface area (Å²) in [5.41, 5.74) is 5.85. The normalized spacial score (nSPS) is 12.3. The van der Waals surface area contributed by atoms with Gasteiger partial charge in [0, 0.05) is 26.0 Å². The van der Waals surface area contributed by atoms with Gasteiger partial charge in [-0.1, -0.05) is 36.2 Å². The van der Waals surface area contributed by atoms with Crippen molar-refractivity contribution < 1.29 is 9.18 Å². The van der Waals surface area contributed by atoms with Gasteiger partial charge in [-0.2, -0.15) is 0 Å². The Morgan fingerprint density at radius 1 is 1.26 bits per heavy atom. The monoisotopic (exact) mass is 439 g/mol. The molecule has 1 aromatic heterocycles. The molecule has 31 heavy (non-hydrogen) atoms. The lowest BCUT2D eigenvalue weighted by Gasteiger charge is -2.13. The molecule has 8 heteroatoms. The van der Waals surface area contributed by atoms with Crippen molar-refractivity contribution in [2.24, 2.45) is 0 Å². The number of hydrogen-bond acceptors (Lipinski definition) is 6. The average Bonchev–Trinajstić information content (AvgIpc) is 3.15. The Morgan fingerprint density at radius 3 is 2.65 bits per heavy atom. The highest BCUT2D eigenvalue weighted by Gasteiger charge is 2.14. The van der Waals surface area contributed by atoms with Crippen LogP contribution >= 0.6 is 11.9 Å². The summed E-state index contributed by atoms with van der Waals surface area (Å²) in [6.07, 6.45) is 4.67. The number of aromatic nitrogens is 3. The van der Waals surface area contributed by atoms with E-state index in [4.69, 9.17) is 0 Å². The van der Waals surface area contributed by atoms with Crippen molar-refractivity contribution in [1.82, 2.24) is 19.9 Å². The third-order valence-corrected chi connectivity index (χ3v) is 5.15. The van der Waals surface area contributed by atoms with Crippen LogP contribution in [0.4, 0.5) is 10.1 Å². The van der Waals surface area contributed by atoms with Gasteiger partial charge in [0.05, 0.1) is 17.7 Å². The molecule has 1 N–H and O–H groups in total. The van der Waals surface area contributed by atoms with Crippen LogP contribution in [-0.2, 0) is 11.3 Å². The molecule has 6 nitrogen and oxygen atoms in total. The fourth-order valence-corrected chi connectivity index (χ4v) is 3.55. The van der Waals surface area contributed by atoms with E-state index in [1.54, 1.807) is 35.7 Å². The van der Waals surface area contributed by atoms with Gasteiger partial charge >= 0.3 is 0 Å². The number of halogens is 1. The molecular formula is C23H26FN5OS. The maximum absolute atomic E-state index is 13.3. The summed E-state index contributed by atoms with van der Waals surface area (Å²) in [5, 5.41) is 8.73. The molecular weight excluding hydrogens is 413 g/mol. The Morgan fingerprint density at radius 2 is 2.00 bits per heavy atom. The highest BCUT2D eigenvalue weighted by atomic mass is 32.2. The van der Waals surface area contributed by atoms with Crippen LogP contribution in [0.1, 0.15) is 25.0 Å². The van der Waals surface area contributed by atoms with Crippen LogP contribution in [0.2, 0.25) is 0 Å². The summed E-state index contributed by atoms with van der Waals surface area (Å²) in [7, 11) is 3.88. The molecule has 0 aliphatic rings. The molecule has 162 valence electrons. The van der Waals surface area contributed by atoms with Crippen LogP contribution in [-0.4, -0.2) is 46.0 Å². The molecule has 3 rings (SSSR count). The second kappa shape index (κ2) is 10.3. The maximum Gasteiger partial charge on any atom is 0.145 e. The number of benzene rings is 2. The molecule has 0 aliphatic heterocycles. The first-order valence-corrected chi connectivity index (χ1v) is 10.9. The second-order valence-corrected chi connectivity index (χ2v) is 8.42. The van der Waals surface area contributed by atoms with Gasteiger partial charge in [-0.25, -0.2) is 9.07 Å². The summed E-state index contributed by atoms with van der Waals surface area (Å²) in [5.74, 6) is 0.619. The maximum atomic E-state index is 13.3. The quantitative estimate of drug-likeness (QED) is 0.225. The molecule has 0 aliphatic carbocycles. The molecule has 1 heterocycles. The van der Waals surface area contributed by atoms with E-state index in [9.17, 15) is 9.18 Å². The molecule has 0 radical (unpaired) electrons. The smallest absolute Gasteiger partial charge is 0.145 e. The molecule has 0 unspecified atom stereocenters. The van der Waals surface area contributed by atoms with Crippen LogP contribution < -0.4 is 4.72 Å². The summed E-state index contributed by atoms with van der Waals surface area (Å²) in [6, 6.07) is 10.4. The number of hydrogen-bond donors (Lipinski definition) is 1. The molecule has 0 atom stereocenters. The predicted molar refractivity (Wildman–Crippen MR) is 126 cm³/mol. The van der Waals surface area contributed by atoms with Crippen LogP contribution in [0.5, 0.6) is 0 Å². The minimum atomic E-state index is -0.270. The minimum Gasteiger partial charge on any atom is -0.383 e. The molecule has 3 aromatic rings. The molecule has 0 amide bonds. The zero-order valence-electron chi connectivity index (χ0n) is 18.1. The van der Waals surface area contributed by atoms with E-state index in [-0.39, 0.29) is 5.82 Å². The number of nitrogens with one attached hydrogen (secondary N) is 1. The summed E-state index contributed by atoms with van der Waals surface area (Å²) < 4.78 is 18.4. The van der Waals surface area contributed by atoms with Gasteiger partial charge in [0.15, 0.2) is 0 Å². The van der Waals surface area contributed by atoms with Crippen LogP contribution in [0.25, 0.3) is 16.6 Å².